The standard InChI is InChI=1S/C15H21FN2O/c1-10-6-7-12(9-13(10)16)18-15(19)8-11-4-2-3-5-14(11)17/h6-7,9,11,14H,2-5,8,17H2,1H3,(H,18,19). The van der Waals surface area contributed by atoms with E-state index in [-0.39, 0.29) is 23.7 Å². The van der Waals surface area contributed by atoms with E-state index in [1.807, 2.05) is 0 Å². The largest absolute Gasteiger partial charge is 0.327 e. The van der Waals surface area contributed by atoms with Gasteiger partial charge in [0.1, 0.15) is 5.82 Å². The summed E-state index contributed by atoms with van der Waals surface area (Å²) in [4.78, 5) is 11.9. The summed E-state index contributed by atoms with van der Waals surface area (Å²) in [6.07, 6.45) is 4.73. The van der Waals surface area contributed by atoms with Crippen molar-refractivity contribution in [2.45, 2.75) is 45.1 Å². The van der Waals surface area contributed by atoms with Crippen molar-refractivity contribution < 1.29 is 9.18 Å². The third-order valence-corrected chi connectivity index (χ3v) is 3.87. The molecule has 2 atom stereocenters. The number of halogens is 1. The maximum absolute atomic E-state index is 13.4. The number of aryl methyl sites for hydroxylation is 1. The fourth-order valence-corrected chi connectivity index (χ4v) is 2.61. The lowest BCUT2D eigenvalue weighted by Gasteiger charge is -2.27. The molecule has 1 aliphatic carbocycles. The topological polar surface area (TPSA) is 55.1 Å². The maximum atomic E-state index is 13.4. The smallest absolute Gasteiger partial charge is 0.224 e. The van der Waals surface area contributed by atoms with E-state index in [1.165, 1.54) is 6.07 Å². The van der Waals surface area contributed by atoms with E-state index in [0.717, 1.165) is 25.7 Å². The van der Waals surface area contributed by atoms with E-state index < -0.39 is 0 Å². The highest BCUT2D eigenvalue weighted by molar-refractivity contribution is 5.90. The Morgan fingerprint density at radius 1 is 1.42 bits per heavy atom. The Hall–Kier alpha value is -1.42. The quantitative estimate of drug-likeness (QED) is 0.881. The second-order valence-electron chi connectivity index (χ2n) is 5.42. The Bertz CT molecular complexity index is 461. The predicted octanol–water partition coefficient (Wildman–Crippen LogP) is 2.98. The molecule has 3 N–H and O–H groups in total. The molecule has 4 heteroatoms. The zero-order chi connectivity index (χ0) is 13.8. The molecule has 0 radical (unpaired) electrons. The first-order chi connectivity index (χ1) is 9.06. The minimum atomic E-state index is -0.299. The molecule has 1 saturated carbocycles. The van der Waals surface area contributed by atoms with Gasteiger partial charge in [0, 0.05) is 18.2 Å². The minimum Gasteiger partial charge on any atom is -0.327 e. The van der Waals surface area contributed by atoms with Crippen molar-refractivity contribution in [3.63, 3.8) is 0 Å². The highest BCUT2D eigenvalue weighted by atomic mass is 19.1. The second kappa shape index (κ2) is 6.15. The molecule has 2 unspecified atom stereocenters. The number of benzene rings is 1. The Labute approximate surface area is 113 Å². The lowest BCUT2D eigenvalue weighted by atomic mass is 9.83. The number of carbonyl (C=O) groups excluding carboxylic acids is 1. The van der Waals surface area contributed by atoms with Crippen molar-refractivity contribution in [1.29, 1.82) is 0 Å². The molecule has 0 bridgehead atoms. The zero-order valence-electron chi connectivity index (χ0n) is 11.3. The number of carbonyl (C=O) groups is 1. The van der Waals surface area contributed by atoms with Gasteiger partial charge in [0.2, 0.25) is 5.91 Å². The first-order valence-corrected chi connectivity index (χ1v) is 6.88. The van der Waals surface area contributed by atoms with Gasteiger partial charge in [-0.15, -0.1) is 0 Å². The molecule has 1 amide bonds. The molecular weight excluding hydrogens is 243 g/mol. The van der Waals surface area contributed by atoms with Gasteiger partial charge in [-0.1, -0.05) is 18.9 Å². The van der Waals surface area contributed by atoms with Crippen LogP contribution in [0.25, 0.3) is 0 Å². The van der Waals surface area contributed by atoms with Gasteiger partial charge in [-0.2, -0.15) is 0 Å². The van der Waals surface area contributed by atoms with Gasteiger partial charge in [-0.25, -0.2) is 4.39 Å². The van der Waals surface area contributed by atoms with Gasteiger partial charge in [0.25, 0.3) is 0 Å². The summed E-state index contributed by atoms with van der Waals surface area (Å²) in [6, 6.07) is 4.86. The van der Waals surface area contributed by atoms with Crippen LogP contribution in [0.3, 0.4) is 0 Å². The number of anilines is 1. The number of rotatable bonds is 3. The lowest BCUT2D eigenvalue weighted by Crippen LogP contribution is -2.35. The molecule has 0 heterocycles. The lowest BCUT2D eigenvalue weighted by molar-refractivity contribution is -0.117. The molecule has 19 heavy (non-hydrogen) atoms. The molecule has 104 valence electrons. The van der Waals surface area contributed by atoms with Crippen LogP contribution < -0.4 is 11.1 Å². The monoisotopic (exact) mass is 264 g/mol. The summed E-state index contributed by atoms with van der Waals surface area (Å²) in [5.74, 6) is -0.123. The summed E-state index contributed by atoms with van der Waals surface area (Å²) in [5, 5.41) is 2.74. The van der Waals surface area contributed by atoms with Gasteiger partial charge in [-0.3, -0.25) is 4.79 Å². The van der Waals surface area contributed by atoms with Crippen LogP contribution in [0, 0.1) is 18.7 Å². The van der Waals surface area contributed by atoms with E-state index in [4.69, 9.17) is 5.73 Å². The van der Waals surface area contributed by atoms with Crippen LogP contribution in [-0.4, -0.2) is 11.9 Å². The van der Waals surface area contributed by atoms with Crippen LogP contribution in [0.4, 0.5) is 10.1 Å². The molecule has 0 aliphatic heterocycles. The first-order valence-electron chi connectivity index (χ1n) is 6.88. The molecule has 0 aromatic heterocycles. The molecule has 1 aliphatic rings. The van der Waals surface area contributed by atoms with Crippen molar-refractivity contribution in [2.24, 2.45) is 11.7 Å². The summed E-state index contributed by atoms with van der Waals surface area (Å²) in [6.45, 7) is 1.70. The molecule has 1 aromatic carbocycles. The zero-order valence-corrected chi connectivity index (χ0v) is 11.3. The first kappa shape index (κ1) is 14.0. The van der Waals surface area contributed by atoms with Crippen LogP contribution in [0.1, 0.15) is 37.7 Å². The Balaban J connectivity index is 1.91. The molecule has 2 rings (SSSR count). The fraction of sp³-hybridized carbons (Fsp3) is 0.533. The molecule has 1 fully saturated rings. The summed E-state index contributed by atoms with van der Waals surface area (Å²) < 4.78 is 13.4. The van der Waals surface area contributed by atoms with Crippen LogP contribution in [0.2, 0.25) is 0 Å². The summed E-state index contributed by atoms with van der Waals surface area (Å²) in [7, 11) is 0. The minimum absolute atomic E-state index is 0.0781. The summed E-state index contributed by atoms with van der Waals surface area (Å²) in [5.41, 5.74) is 7.11. The molecule has 0 spiro atoms. The SMILES string of the molecule is Cc1ccc(NC(=O)CC2CCCCC2N)cc1F. The van der Waals surface area contributed by atoms with E-state index in [1.54, 1.807) is 19.1 Å². The van der Waals surface area contributed by atoms with Crippen LogP contribution in [0.5, 0.6) is 0 Å². The Morgan fingerprint density at radius 2 is 2.16 bits per heavy atom. The highest BCUT2D eigenvalue weighted by Gasteiger charge is 2.24. The highest BCUT2D eigenvalue weighted by Crippen LogP contribution is 2.26. The maximum Gasteiger partial charge on any atom is 0.224 e. The number of nitrogens with two attached hydrogens (primary N) is 1. The van der Waals surface area contributed by atoms with Crippen molar-refractivity contribution in [1.82, 2.24) is 0 Å². The normalized spacial score (nSPS) is 23.1. The van der Waals surface area contributed by atoms with Crippen molar-refractivity contribution in [2.75, 3.05) is 5.32 Å². The average molecular weight is 264 g/mol. The van der Waals surface area contributed by atoms with Crippen LogP contribution in [-0.2, 0) is 4.79 Å². The van der Waals surface area contributed by atoms with Crippen LogP contribution >= 0.6 is 0 Å². The fourth-order valence-electron chi connectivity index (χ4n) is 2.61. The molecular formula is C15H21FN2O. The van der Waals surface area contributed by atoms with E-state index in [0.29, 0.717) is 17.7 Å². The van der Waals surface area contributed by atoms with Gasteiger partial charge < -0.3 is 11.1 Å². The van der Waals surface area contributed by atoms with Crippen molar-refractivity contribution >= 4 is 11.6 Å². The molecule has 3 nitrogen and oxygen atoms in total. The Morgan fingerprint density at radius 3 is 2.84 bits per heavy atom. The number of hydrogen-bond donors (Lipinski definition) is 2. The summed E-state index contributed by atoms with van der Waals surface area (Å²) >= 11 is 0. The number of hydrogen-bond acceptors (Lipinski definition) is 2. The van der Waals surface area contributed by atoms with E-state index in [2.05, 4.69) is 5.32 Å². The van der Waals surface area contributed by atoms with Gasteiger partial charge in [-0.05, 0) is 43.4 Å². The van der Waals surface area contributed by atoms with Crippen molar-refractivity contribution in [3.05, 3.63) is 29.6 Å². The predicted molar refractivity (Wildman–Crippen MR) is 74.3 cm³/mol. The number of amides is 1. The van der Waals surface area contributed by atoms with Gasteiger partial charge >= 0.3 is 0 Å². The van der Waals surface area contributed by atoms with Gasteiger partial charge in [0.05, 0.1) is 0 Å². The molecule has 1 aromatic rings. The van der Waals surface area contributed by atoms with Gasteiger partial charge in [0.15, 0.2) is 0 Å². The molecule has 0 saturated heterocycles. The average Bonchev–Trinajstić information content (AvgIpc) is 2.37. The third kappa shape index (κ3) is 3.77. The van der Waals surface area contributed by atoms with Crippen LogP contribution in [0.15, 0.2) is 18.2 Å². The Kier molecular flexibility index (Phi) is 4.53. The number of nitrogens with one attached hydrogen (secondary N) is 1. The van der Waals surface area contributed by atoms with Crippen molar-refractivity contribution in [3.8, 4) is 0 Å². The second-order valence-corrected chi connectivity index (χ2v) is 5.42. The van der Waals surface area contributed by atoms with E-state index in [9.17, 15) is 9.18 Å². The third-order valence-electron chi connectivity index (χ3n) is 3.87. The van der Waals surface area contributed by atoms with E-state index >= 15 is 0 Å².